The van der Waals surface area contributed by atoms with E-state index in [1.165, 1.54) is 66.0 Å². The molecule has 466 valence electrons. The number of para-hydroxylation sites is 2. The molecule has 0 unspecified atom stereocenters. The third kappa shape index (κ3) is 9.92. The fourth-order valence-electron chi connectivity index (χ4n) is 17.2. The molecule has 13 aromatic carbocycles. The summed E-state index contributed by atoms with van der Waals surface area (Å²) >= 11 is 0. The van der Waals surface area contributed by atoms with E-state index in [1.807, 2.05) is 0 Å². The van der Waals surface area contributed by atoms with Crippen molar-refractivity contribution in [3.63, 3.8) is 0 Å². The molecular weight excluding hydrogens is 1170 g/mol. The summed E-state index contributed by atoms with van der Waals surface area (Å²) in [5.74, 6) is 0. The Morgan fingerprint density at radius 1 is 0.312 bits per heavy atom. The molecule has 0 amide bonds. The van der Waals surface area contributed by atoms with Crippen LogP contribution >= 0.6 is 0 Å². The van der Waals surface area contributed by atoms with Gasteiger partial charge in [0.05, 0.1) is 36.2 Å². The first kappa shape index (κ1) is 60.5. The number of anilines is 6. The molecule has 2 aliphatic rings. The first-order chi connectivity index (χ1) is 46.8. The Balaban J connectivity index is 1.12. The van der Waals surface area contributed by atoms with Crippen molar-refractivity contribution in [2.75, 3.05) is 9.80 Å². The largest absolute Gasteiger partial charge is 0.310 e. The van der Waals surface area contributed by atoms with Gasteiger partial charge in [-0.15, -0.1) is 0 Å². The maximum absolute atomic E-state index is 2.69. The summed E-state index contributed by atoms with van der Waals surface area (Å²) < 4.78 is 2.64. The summed E-state index contributed by atoms with van der Waals surface area (Å²) in [5.41, 5.74) is 30.9. The fourth-order valence-corrected chi connectivity index (χ4v) is 24.0. The lowest BCUT2D eigenvalue weighted by molar-refractivity contribution is 0.591. The molecule has 5 heteroatoms. The van der Waals surface area contributed by atoms with Gasteiger partial charge in [-0.25, -0.2) is 0 Å². The summed E-state index contributed by atoms with van der Waals surface area (Å²) in [6, 6.07) is 115. The Morgan fingerprint density at radius 3 is 1.03 bits per heavy atom. The van der Waals surface area contributed by atoms with Gasteiger partial charge in [-0.2, -0.15) is 0 Å². The Morgan fingerprint density at radius 2 is 0.667 bits per heavy atom. The first-order valence-electron chi connectivity index (χ1n) is 34.5. The van der Waals surface area contributed by atoms with Gasteiger partial charge >= 0.3 is 0 Å². The average Bonchev–Trinajstić information content (AvgIpc) is 0.814. The number of hydrogen-bond donors (Lipinski definition) is 0. The van der Waals surface area contributed by atoms with Crippen molar-refractivity contribution in [3.05, 3.63) is 309 Å². The highest BCUT2D eigenvalue weighted by Crippen LogP contribution is 2.54. The van der Waals surface area contributed by atoms with E-state index in [9.17, 15) is 0 Å². The van der Waals surface area contributed by atoms with Gasteiger partial charge in [-0.05, 0) is 131 Å². The predicted molar refractivity (Wildman–Crippen MR) is 417 cm³/mol. The SMILES string of the molecule is CC(C)[Si](c1ccc2c(c1)c1cc(C(C)(C)C)ccc1n2-c1cc2c3c(c1)N(c1c(-c4ccccc4)cccc1-c1ccccc1)c1ccc(-c4ccccc4)cc1B3c1cc(-c3ccccc3)ccc1N2c1c(-c2ccccc2)cccc1-c1ccccc1)(C(C)C)C(C)C. The molecule has 2 aliphatic heterocycles. The number of aromatic nitrogens is 1. The third-order valence-corrected chi connectivity index (χ3v) is 28.4. The molecule has 96 heavy (non-hydrogen) atoms. The Labute approximate surface area is 568 Å². The van der Waals surface area contributed by atoms with E-state index in [1.54, 1.807) is 5.19 Å². The molecule has 0 fully saturated rings. The molecule has 14 aromatic rings. The van der Waals surface area contributed by atoms with Crippen LogP contribution in [0.3, 0.4) is 0 Å². The van der Waals surface area contributed by atoms with Gasteiger partial charge in [0.25, 0.3) is 6.71 Å². The number of rotatable bonds is 13. The maximum Gasteiger partial charge on any atom is 0.252 e. The molecule has 1 aromatic heterocycles. The van der Waals surface area contributed by atoms with E-state index in [0.29, 0.717) is 16.6 Å². The van der Waals surface area contributed by atoms with Gasteiger partial charge in [0, 0.05) is 55.8 Å². The minimum absolute atomic E-state index is 0.0781. The molecule has 0 aliphatic carbocycles. The van der Waals surface area contributed by atoms with Crippen LogP contribution < -0.4 is 31.4 Å². The molecule has 0 saturated carbocycles. The second kappa shape index (κ2) is 24.1. The summed E-state index contributed by atoms with van der Waals surface area (Å²) in [4.78, 5) is 5.38. The molecule has 0 N–H and O–H groups in total. The zero-order valence-corrected chi connectivity index (χ0v) is 57.5. The zero-order chi connectivity index (χ0) is 65.6. The minimum atomic E-state index is -2.13. The van der Waals surface area contributed by atoms with E-state index < -0.39 is 8.07 Å². The zero-order valence-electron chi connectivity index (χ0n) is 56.5. The van der Waals surface area contributed by atoms with E-state index in [-0.39, 0.29) is 12.1 Å². The van der Waals surface area contributed by atoms with Crippen LogP contribution in [-0.2, 0) is 5.41 Å². The topological polar surface area (TPSA) is 11.4 Å². The van der Waals surface area contributed by atoms with Crippen molar-refractivity contribution in [2.24, 2.45) is 0 Å². The summed E-state index contributed by atoms with van der Waals surface area (Å²) in [7, 11) is -2.13. The van der Waals surface area contributed by atoms with Crippen molar-refractivity contribution < 1.29 is 0 Å². The highest BCUT2D eigenvalue weighted by Gasteiger charge is 2.47. The van der Waals surface area contributed by atoms with Crippen LogP contribution in [0.15, 0.2) is 303 Å². The summed E-state index contributed by atoms with van der Waals surface area (Å²) in [5, 5.41) is 4.14. The van der Waals surface area contributed by atoms with Crippen LogP contribution in [0.25, 0.3) is 94.3 Å². The monoisotopic (exact) mass is 1250 g/mol. The molecule has 0 radical (unpaired) electrons. The second-order valence-electron chi connectivity index (χ2n) is 28.6. The van der Waals surface area contributed by atoms with Gasteiger partial charge in [-0.1, -0.05) is 328 Å². The van der Waals surface area contributed by atoms with Crippen molar-refractivity contribution in [2.45, 2.75) is 84.4 Å². The Bertz CT molecular complexity index is 4870. The lowest BCUT2D eigenvalue weighted by atomic mass is 9.33. The van der Waals surface area contributed by atoms with Gasteiger partial charge in [0.15, 0.2) is 0 Å². The van der Waals surface area contributed by atoms with Crippen molar-refractivity contribution in [1.82, 2.24) is 4.57 Å². The number of nitrogens with zero attached hydrogens (tertiary/aromatic N) is 3. The summed E-state index contributed by atoms with van der Waals surface area (Å²) in [6.45, 7) is 21.9. The minimum Gasteiger partial charge on any atom is -0.310 e. The van der Waals surface area contributed by atoms with Crippen LogP contribution in [0, 0.1) is 0 Å². The van der Waals surface area contributed by atoms with Crippen molar-refractivity contribution >= 4 is 92.3 Å². The molecule has 0 spiro atoms. The molecule has 0 saturated heterocycles. The maximum atomic E-state index is 2.69. The Hall–Kier alpha value is -10.5. The highest BCUT2D eigenvalue weighted by atomic mass is 28.3. The molecule has 3 heterocycles. The third-order valence-electron chi connectivity index (χ3n) is 21.4. The molecule has 0 bridgehead atoms. The van der Waals surface area contributed by atoms with E-state index >= 15 is 0 Å². The van der Waals surface area contributed by atoms with E-state index in [4.69, 9.17) is 0 Å². The van der Waals surface area contributed by atoms with Crippen LogP contribution in [0.1, 0.15) is 67.9 Å². The molecule has 3 nitrogen and oxygen atoms in total. The number of fused-ring (bicyclic) bond motifs is 7. The second-order valence-corrected chi connectivity index (χ2v) is 34.5. The van der Waals surface area contributed by atoms with Gasteiger partial charge in [0.2, 0.25) is 0 Å². The van der Waals surface area contributed by atoms with Crippen LogP contribution in [0.2, 0.25) is 16.6 Å². The fraction of sp³-hybridized carbons (Fsp3) is 0.143. The quantitative estimate of drug-likeness (QED) is 0.107. The van der Waals surface area contributed by atoms with E-state index in [0.717, 1.165) is 84.3 Å². The van der Waals surface area contributed by atoms with Crippen molar-refractivity contribution in [3.8, 4) is 72.4 Å². The molecular formula is C91H80BN3Si. The molecule has 0 atom stereocenters. The van der Waals surface area contributed by atoms with Crippen molar-refractivity contribution in [1.29, 1.82) is 0 Å². The summed E-state index contributed by atoms with van der Waals surface area (Å²) in [6.07, 6.45) is 0. The predicted octanol–water partition coefficient (Wildman–Crippen LogP) is 23.1. The highest BCUT2D eigenvalue weighted by molar-refractivity contribution is 7.00. The van der Waals surface area contributed by atoms with Crippen LogP contribution in [-0.4, -0.2) is 19.4 Å². The van der Waals surface area contributed by atoms with Crippen LogP contribution in [0.4, 0.5) is 34.1 Å². The first-order valence-corrected chi connectivity index (χ1v) is 36.7. The Kier molecular flexibility index (Phi) is 15.2. The van der Waals surface area contributed by atoms with Gasteiger partial charge in [0.1, 0.15) is 0 Å². The lowest BCUT2D eigenvalue weighted by Gasteiger charge is -2.46. The van der Waals surface area contributed by atoms with Gasteiger partial charge in [-0.3, -0.25) is 0 Å². The van der Waals surface area contributed by atoms with E-state index in [2.05, 4.69) is 380 Å². The average molecular weight is 1250 g/mol. The number of benzene rings is 13. The lowest BCUT2D eigenvalue weighted by Crippen LogP contribution is -2.61. The normalized spacial score (nSPS) is 12.9. The molecule has 16 rings (SSSR count). The van der Waals surface area contributed by atoms with Crippen LogP contribution in [0.5, 0.6) is 0 Å². The standard InChI is InChI=1S/C91H80BN3Si/c1-60(2)96(61(3)4,62(5)6)73-49-53-83-79(59-73)78-56-71(91(7,8)9)48-52-82(78)93(83)72-57-86-88-87(58-72)95(90-76(67-38-24-14-25-39-67)44-29-45-77(90)68-40-26-15-27-41-68)85-51-47-70(64-32-18-11-19-33-64)55-81(85)92(88)80-54-69(63-30-16-10-17-31-63)46-50-84(80)94(86)89-74(65-34-20-12-21-35-65)42-28-43-75(89)66-36-22-13-23-37-66/h10-62H,1-9H3. The van der Waals surface area contributed by atoms with Gasteiger partial charge < -0.3 is 14.4 Å². The number of hydrogen-bond acceptors (Lipinski definition) is 2. The smallest absolute Gasteiger partial charge is 0.252 e.